The van der Waals surface area contributed by atoms with Crippen molar-refractivity contribution in [1.29, 1.82) is 0 Å². The van der Waals surface area contributed by atoms with Gasteiger partial charge in [-0.3, -0.25) is 0 Å². The van der Waals surface area contributed by atoms with E-state index in [0.29, 0.717) is 0 Å². The summed E-state index contributed by atoms with van der Waals surface area (Å²) in [6.45, 7) is 0. The topological polar surface area (TPSA) is 0 Å². The minimum Gasteiger partial charge on any atom is -0.115 e. The van der Waals surface area contributed by atoms with Crippen LogP contribution in [0.1, 0.15) is 16.7 Å². The van der Waals surface area contributed by atoms with Crippen molar-refractivity contribution in [2.75, 3.05) is 0 Å². The van der Waals surface area contributed by atoms with Crippen molar-refractivity contribution in [1.82, 2.24) is 0 Å². The molecule has 2 rings (SSSR count). The fourth-order valence-corrected chi connectivity index (χ4v) is 3.80. The third-order valence-electron chi connectivity index (χ3n) is 2.26. The van der Waals surface area contributed by atoms with Crippen molar-refractivity contribution in [2.45, 2.75) is 0 Å². The van der Waals surface area contributed by atoms with Crippen molar-refractivity contribution in [3.63, 3.8) is 0 Å². The molecule has 21 heavy (non-hydrogen) atoms. The Labute approximate surface area is 150 Å². The van der Waals surface area contributed by atoms with Gasteiger partial charge in [0.25, 0.3) is 0 Å². The van der Waals surface area contributed by atoms with Crippen LogP contribution in [-0.2, 0) is 0 Å². The van der Waals surface area contributed by atoms with E-state index in [2.05, 4.69) is 65.6 Å². The van der Waals surface area contributed by atoms with Gasteiger partial charge in [0.15, 0.2) is 0 Å². The van der Waals surface area contributed by atoms with Gasteiger partial charge in [0.2, 0.25) is 0 Å². The first-order valence-corrected chi connectivity index (χ1v) is 8.03. The molecule has 0 heterocycles. The fraction of sp³-hybridized carbons (Fsp3) is 0. The summed E-state index contributed by atoms with van der Waals surface area (Å²) >= 11 is 10.1. The van der Waals surface area contributed by atoms with Crippen molar-refractivity contribution in [2.24, 2.45) is 0 Å². The fourth-order valence-electron chi connectivity index (χ4n) is 1.40. The third kappa shape index (κ3) is 6.24. The molecule has 0 spiro atoms. The quantitative estimate of drug-likeness (QED) is 0.445. The largest absolute Gasteiger partial charge is 0.115 e. The van der Waals surface area contributed by atoms with Crippen molar-refractivity contribution in [3.05, 3.63) is 66.5 Å². The lowest BCUT2D eigenvalue weighted by atomic mass is 10.1. The van der Waals surface area contributed by atoms with Crippen LogP contribution < -0.4 is 0 Å². The van der Waals surface area contributed by atoms with Crippen LogP contribution in [0.25, 0.3) is 0 Å². The lowest BCUT2D eigenvalue weighted by Gasteiger charge is -1.95. The second-order valence-corrected chi connectivity index (χ2v) is 6.57. The molecule has 0 aliphatic carbocycles. The average Bonchev–Trinajstić information content (AvgIpc) is 2.45. The summed E-state index contributed by atoms with van der Waals surface area (Å²) in [6.07, 6.45) is 15.6. The maximum Gasteiger partial charge on any atom is 0.0267 e. The summed E-state index contributed by atoms with van der Waals surface area (Å²) in [6, 6.07) is 11.2. The Hall–Kier alpha value is -1.44. The van der Waals surface area contributed by atoms with E-state index in [1.807, 2.05) is 18.2 Å². The van der Waals surface area contributed by atoms with Gasteiger partial charge >= 0.3 is 0 Å². The van der Waals surface area contributed by atoms with Gasteiger partial charge in [-0.1, -0.05) is 65.6 Å². The Kier molecular flexibility index (Phi) is 7.35. The van der Waals surface area contributed by atoms with Gasteiger partial charge in [0, 0.05) is 30.1 Å². The first-order chi connectivity index (χ1) is 9.98. The van der Waals surface area contributed by atoms with Crippen LogP contribution >= 0.6 is 47.8 Å². The molecule has 0 atom stereocenters. The second kappa shape index (κ2) is 8.76. The normalized spacial score (nSPS) is 8.57. The summed E-state index contributed by atoms with van der Waals surface area (Å²) in [4.78, 5) is 0. The van der Waals surface area contributed by atoms with Crippen molar-refractivity contribution in [3.8, 4) is 37.0 Å². The van der Waals surface area contributed by atoms with E-state index >= 15 is 0 Å². The smallest absolute Gasteiger partial charge is 0.0267 e. The van der Waals surface area contributed by atoms with E-state index in [-0.39, 0.29) is 0 Å². The highest BCUT2D eigenvalue weighted by Crippen LogP contribution is 2.23. The molecular weight excluding hydrogens is 456 g/mol. The molecule has 0 aromatic heterocycles. The first-order valence-electron chi connectivity index (χ1n) is 5.65. The molecule has 0 radical (unpaired) electrons. The maximum absolute atomic E-state index is 5.21. The molecule has 0 fully saturated rings. The molecule has 0 N–H and O–H groups in total. The SMILES string of the molecule is Brc1cc(Br)cc(Br)c1.C#Cc1cc(C#C)cc(C#C)c1. The van der Waals surface area contributed by atoms with Crippen LogP contribution in [0.5, 0.6) is 0 Å². The van der Waals surface area contributed by atoms with Gasteiger partial charge in [-0.2, -0.15) is 0 Å². The number of terminal acetylenes is 3. The molecule has 0 amide bonds. The number of halogens is 3. The lowest BCUT2D eigenvalue weighted by Crippen LogP contribution is -1.82. The van der Waals surface area contributed by atoms with Gasteiger partial charge in [0.1, 0.15) is 0 Å². The predicted octanol–water partition coefficient (Wildman–Crippen LogP) is 5.60. The molecule has 2 aromatic rings. The van der Waals surface area contributed by atoms with E-state index < -0.39 is 0 Å². The van der Waals surface area contributed by atoms with Gasteiger partial charge in [0.05, 0.1) is 0 Å². The van der Waals surface area contributed by atoms with Gasteiger partial charge < -0.3 is 0 Å². The van der Waals surface area contributed by atoms with Crippen molar-refractivity contribution >= 4 is 47.8 Å². The first kappa shape index (κ1) is 17.6. The molecule has 0 saturated heterocycles. The molecule has 2 aromatic carbocycles. The summed E-state index contributed by atoms with van der Waals surface area (Å²) in [7, 11) is 0. The molecular formula is C18H9Br3. The summed E-state index contributed by atoms with van der Waals surface area (Å²) in [5.74, 6) is 7.46. The predicted molar refractivity (Wildman–Crippen MR) is 99.8 cm³/mol. The molecule has 0 aliphatic rings. The van der Waals surface area contributed by atoms with E-state index in [4.69, 9.17) is 19.3 Å². The average molecular weight is 465 g/mol. The molecule has 0 unspecified atom stereocenters. The Morgan fingerprint density at radius 2 is 0.762 bits per heavy atom. The van der Waals surface area contributed by atoms with Crippen LogP contribution in [0, 0.1) is 37.0 Å². The highest BCUT2D eigenvalue weighted by Gasteiger charge is 1.94. The minimum absolute atomic E-state index is 0.721. The van der Waals surface area contributed by atoms with E-state index in [0.717, 1.165) is 30.1 Å². The minimum atomic E-state index is 0.721. The summed E-state index contributed by atoms with van der Waals surface area (Å²) in [5.41, 5.74) is 2.16. The van der Waals surface area contributed by atoms with Gasteiger partial charge in [-0.05, 0) is 36.4 Å². The van der Waals surface area contributed by atoms with Crippen molar-refractivity contribution < 1.29 is 0 Å². The highest BCUT2D eigenvalue weighted by molar-refractivity contribution is 9.11. The van der Waals surface area contributed by atoms with E-state index in [1.165, 1.54) is 0 Å². The summed E-state index contributed by atoms with van der Waals surface area (Å²) in [5, 5.41) is 0. The maximum atomic E-state index is 5.21. The zero-order valence-electron chi connectivity index (χ0n) is 10.8. The number of hydrogen-bond donors (Lipinski definition) is 0. The van der Waals surface area contributed by atoms with Gasteiger partial charge in [-0.15, -0.1) is 19.3 Å². The molecule has 0 saturated carbocycles. The second-order valence-electron chi connectivity index (χ2n) is 3.82. The van der Waals surface area contributed by atoms with Crippen LogP contribution in [0.15, 0.2) is 49.8 Å². The number of hydrogen-bond acceptors (Lipinski definition) is 0. The Bertz CT molecular complexity index is 639. The Morgan fingerprint density at radius 3 is 0.952 bits per heavy atom. The molecule has 0 nitrogen and oxygen atoms in total. The summed E-state index contributed by atoms with van der Waals surface area (Å²) < 4.78 is 3.22. The lowest BCUT2D eigenvalue weighted by molar-refractivity contribution is 1.56. The third-order valence-corrected chi connectivity index (χ3v) is 3.63. The van der Waals surface area contributed by atoms with Crippen LogP contribution in [0.4, 0.5) is 0 Å². The Morgan fingerprint density at radius 1 is 0.524 bits per heavy atom. The zero-order chi connectivity index (χ0) is 15.8. The molecule has 0 aliphatic heterocycles. The zero-order valence-corrected chi connectivity index (χ0v) is 15.6. The number of rotatable bonds is 0. The van der Waals surface area contributed by atoms with Gasteiger partial charge in [-0.25, -0.2) is 0 Å². The highest BCUT2D eigenvalue weighted by atomic mass is 79.9. The van der Waals surface area contributed by atoms with E-state index in [9.17, 15) is 0 Å². The monoisotopic (exact) mass is 462 g/mol. The molecule has 0 bridgehead atoms. The molecule has 3 heteroatoms. The van der Waals surface area contributed by atoms with Crippen LogP contribution in [0.3, 0.4) is 0 Å². The van der Waals surface area contributed by atoms with Crippen LogP contribution in [0.2, 0.25) is 0 Å². The Balaban J connectivity index is 0.000000219. The molecule has 102 valence electrons. The number of benzene rings is 2. The van der Waals surface area contributed by atoms with Crippen LogP contribution in [-0.4, -0.2) is 0 Å². The standard InChI is InChI=1S/C12H6.C6H3Br3/c1-4-10-7-11(5-2)9-12(6-3)8-10;7-4-1-5(8)3-6(9)2-4/h1-3,7-9H;1-3H. The van der Waals surface area contributed by atoms with E-state index in [1.54, 1.807) is 18.2 Å².